The third-order valence-corrected chi connectivity index (χ3v) is 1.14. The number of benzene rings is 1. The molecule has 0 spiro atoms. The third-order valence-electron chi connectivity index (χ3n) is 1.14. The third kappa shape index (κ3) is 2.22. The van der Waals surface area contributed by atoms with Crippen LogP contribution in [0.4, 0.5) is 4.39 Å². The molecule has 52 valence electrons. The van der Waals surface area contributed by atoms with Gasteiger partial charge < -0.3 is 5.11 Å². The Labute approximate surface area is 78.0 Å². The van der Waals surface area contributed by atoms with Gasteiger partial charge in [0.1, 0.15) is 12.4 Å². The van der Waals surface area contributed by atoms with Gasteiger partial charge in [0.2, 0.25) is 0 Å². The minimum absolute atomic E-state index is 0. The molecule has 0 heterocycles. The molecular weight excluding hydrogens is 210 g/mol. The fraction of sp³-hybridized carbons (Fsp3) is 0.143. The van der Waals surface area contributed by atoms with Crippen LogP contribution in [0, 0.1) is 0 Å². The summed E-state index contributed by atoms with van der Waals surface area (Å²) in [6, 6.07) is 6.37. The smallest absolute Gasteiger partial charge is 0.121 e. The first-order chi connectivity index (χ1) is 4.34. The van der Waals surface area contributed by atoms with Crippen LogP contribution in [0.15, 0.2) is 24.3 Å². The zero-order chi connectivity index (χ0) is 6.69. The maximum absolute atomic E-state index is 11.8. The molecule has 1 rings (SSSR count). The first kappa shape index (κ1) is 9.83. The van der Waals surface area contributed by atoms with Crippen LogP contribution in [0.5, 0.6) is 5.75 Å². The van der Waals surface area contributed by atoms with Crippen LogP contribution in [0.1, 0.15) is 5.56 Å². The standard InChI is InChI=1S/C7H7FO.Zr/c8-5-6-3-1-2-4-7(6)9;/h1-4,9H,5H2;. The van der Waals surface area contributed by atoms with Crippen molar-refractivity contribution >= 4 is 0 Å². The molecule has 0 aliphatic heterocycles. The number of phenols is 1. The van der Waals surface area contributed by atoms with Crippen LogP contribution in [-0.4, -0.2) is 5.11 Å². The molecule has 1 nitrogen and oxygen atoms in total. The number of hydrogen-bond donors (Lipinski definition) is 1. The van der Waals surface area contributed by atoms with E-state index in [0.29, 0.717) is 5.56 Å². The summed E-state index contributed by atoms with van der Waals surface area (Å²) in [4.78, 5) is 0. The van der Waals surface area contributed by atoms with E-state index in [1.807, 2.05) is 0 Å². The van der Waals surface area contributed by atoms with Crippen molar-refractivity contribution in [3.8, 4) is 5.75 Å². The van der Waals surface area contributed by atoms with E-state index in [1.54, 1.807) is 18.2 Å². The minimum Gasteiger partial charge on any atom is -0.508 e. The predicted octanol–water partition coefficient (Wildman–Crippen LogP) is 1.86. The number of aromatic hydroxyl groups is 1. The molecule has 0 saturated carbocycles. The van der Waals surface area contributed by atoms with Gasteiger partial charge in [0.05, 0.1) is 0 Å². The van der Waals surface area contributed by atoms with Crippen molar-refractivity contribution in [2.45, 2.75) is 6.67 Å². The van der Waals surface area contributed by atoms with Crippen LogP contribution in [0.3, 0.4) is 0 Å². The van der Waals surface area contributed by atoms with Crippen LogP contribution in [-0.2, 0) is 32.9 Å². The molecule has 0 aliphatic carbocycles. The van der Waals surface area contributed by atoms with Crippen molar-refractivity contribution in [1.82, 2.24) is 0 Å². The van der Waals surface area contributed by atoms with Gasteiger partial charge >= 0.3 is 0 Å². The van der Waals surface area contributed by atoms with Crippen molar-refractivity contribution in [3.05, 3.63) is 29.8 Å². The summed E-state index contributed by atoms with van der Waals surface area (Å²) in [6.45, 7) is -0.604. The number of rotatable bonds is 1. The molecule has 0 bridgehead atoms. The topological polar surface area (TPSA) is 20.2 Å². The summed E-state index contributed by atoms with van der Waals surface area (Å²) in [7, 11) is 0. The zero-order valence-corrected chi connectivity index (χ0v) is 7.80. The fourth-order valence-electron chi connectivity index (χ4n) is 0.624. The van der Waals surface area contributed by atoms with Gasteiger partial charge in [-0.1, -0.05) is 18.2 Å². The first-order valence-electron chi connectivity index (χ1n) is 2.67. The molecule has 1 N–H and O–H groups in total. The number of para-hydroxylation sites is 1. The normalized spacial score (nSPS) is 8.50. The van der Waals surface area contributed by atoms with Gasteiger partial charge in [-0.05, 0) is 6.07 Å². The van der Waals surface area contributed by atoms with Crippen LogP contribution < -0.4 is 0 Å². The van der Waals surface area contributed by atoms with E-state index < -0.39 is 6.67 Å². The number of halogens is 1. The second kappa shape index (κ2) is 4.62. The Balaban J connectivity index is 0.000000810. The molecule has 0 unspecified atom stereocenters. The Bertz CT molecular complexity index is 203. The quantitative estimate of drug-likeness (QED) is 0.761. The molecule has 0 aromatic heterocycles. The van der Waals surface area contributed by atoms with Crippen LogP contribution in [0.25, 0.3) is 0 Å². The Morgan fingerprint density at radius 1 is 1.30 bits per heavy atom. The minimum atomic E-state index is -0.604. The van der Waals surface area contributed by atoms with E-state index in [4.69, 9.17) is 5.11 Å². The summed E-state index contributed by atoms with van der Waals surface area (Å²) < 4.78 is 11.8. The predicted molar refractivity (Wildman–Crippen MR) is 32.9 cm³/mol. The summed E-state index contributed by atoms with van der Waals surface area (Å²) in [6.07, 6.45) is 0. The molecule has 3 heteroatoms. The number of hydrogen-bond acceptors (Lipinski definition) is 1. The van der Waals surface area contributed by atoms with E-state index in [2.05, 4.69) is 0 Å². The Morgan fingerprint density at radius 3 is 2.30 bits per heavy atom. The summed E-state index contributed by atoms with van der Waals surface area (Å²) in [5, 5.41) is 8.87. The van der Waals surface area contributed by atoms with Gasteiger partial charge in [-0.2, -0.15) is 0 Å². The summed E-state index contributed by atoms with van der Waals surface area (Å²) in [5.74, 6) is 0.0278. The van der Waals surface area contributed by atoms with Crippen molar-refractivity contribution in [3.63, 3.8) is 0 Å². The molecular formula is C7H7FOZr. The maximum atomic E-state index is 11.8. The monoisotopic (exact) mass is 216 g/mol. The van der Waals surface area contributed by atoms with E-state index in [9.17, 15) is 4.39 Å². The van der Waals surface area contributed by atoms with Crippen molar-refractivity contribution in [1.29, 1.82) is 0 Å². The molecule has 0 aliphatic rings. The molecule has 0 saturated heterocycles. The number of phenolic OH excluding ortho intramolecular Hbond substituents is 1. The van der Waals surface area contributed by atoms with Gasteiger partial charge in [0, 0.05) is 31.8 Å². The van der Waals surface area contributed by atoms with Crippen molar-refractivity contribution in [2.75, 3.05) is 0 Å². The zero-order valence-electron chi connectivity index (χ0n) is 5.34. The van der Waals surface area contributed by atoms with E-state index >= 15 is 0 Å². The van der Waals surface area contributed by atoms with Crippen LogP contribution in [0.2, 0.25) is 0 Å². The largest absolute Gasteiger partial charge is 0.508 e. The van der Waals surface area contributed by atoms with Gasteiger partial charge in [0.15, 0.2) is 0 Å². The van der Waals surface area contributed by atoms with Crippen molar-refractivity contribution in [2.24, 2.45) is 0 Å². The van der Waals surface area contributed by atoms with Gasteiger partial charge in [0.25, 0.3) is 0 Å². The molecule has 0 amide bonds. The average molecular weight is 217 g/mol. The van der Waals surface area contributed by atoms with E-state index in [1.165, 1.54) is 6.07 Å². The molecule has 0 fully saturated rings. The van der Waals surface area contributed by atoms with E-state index in [-0.39, 0.29) is 32.0 Å². The fourth-order valence-corrected chi connectivity index (χ4v) is 0.624. The molecule has 1 aromatic carbocycles. The summed E-state index contributed by atoms with van der Waals surface area (Å²) >= 11 is 0. The Morgan fingerprint density at radius 2 is 1.90 bits per heavy atom. The molecule has 0 atom stereocenters. The average Bonchev–Trinajstić information content (AvgIpc) is 1.89. The Hall–Kier alpha value is -0.167. The summed E-state index contributed by atoms with van der Waals surface area (Å²) in [5.41, 5.74) is 0.345. The van der Waals surface area contributed by atoms with Gasteiger partial charge in [-0.15, -0.1) is 0 Å². The van der Waals surface area contributed by atoms with Gasteiger partial charge in [-0.25, -0.2) is 4.39 Å². The molecule has 10 heavy (non-hydrogen) atoms. The molecule has 0 radical (unpaired) electrons. The van der Waals surface area contributed by atoms with E-state index in [0.717, 1.165) is 0 Å². The van der Waals surface area contributed by atoms with Crippen LogP contribution >= 0.6 is 0 Å². The maximum Gasteiger partial charge on any atom is 0.121 e. The SMILES string of the molecule is Oc1ccccc1CF.[Zr]. The van der Waals surface area contributed by atoms with Gasteiger partial charge in [-0.3, -0.25) is 0 Å². The van der Waals surface area contributed by atoms with Crippen molar-refractivity contribution < 1.29 is 35.7 Å². The molecule has 1 aromatic rings. The first-order valence-corrected chi connectivity index (χ1v) is 2.67. The number of alkyl halides is 1. The second-order valence-corrected chi connectivity index (χ2v) is 1.76. The second-order valence-electron chi connectivity index (χ2n) is 1.76. The Kier molecular flexibility index (Phi) is 4.54.